The zero-order valence-electron chi connectivity index (χ0n) is 14.7. The summed E-state index contributed by atoms with van der Waals surface area (Å²) in [7, 11) is 0. The number of rotatable bonds is 3. The molecule has 2 atom stereocenters. The number of anilines is 2. The Morgan fingerprint density at radius 2 is 2.12 bits per heavy atom. The molecule has 6 nitrogen and oxygen atoms in total. The molecule has 1 aromatic carbocycles. The molecule has 25 heavy (non-hydrogen) atoms. The Morgan fingerprint density at radius 3 is 2.76 bits per heavy atom. The third-order valence-electron chi connectivity index (χ3n) is 5.87. The van der Waals surface area contributed by atoms with Gasteiger partial charge in [0.2, 0.25) is 5.91 Å². The number of para-hydroxylation sites is 2. The van der Waals surface area contributed by atoms with Crippen molar-refractivity contribution in [2.24, 2.45) is 11.3 Å². The molecule has 0 radical (unpaired) electrons. The second-order valence-electron chi connectivity index (χ2n) is 7.75. The number of carbonyl (C=O) groups is 2. The highest BCUT2D eigenvalue weighted by atomic mass is 16.5. The first kappa shape index (κ1) is 16.4. The molecule has 0 aromatic heterocycles. The van der Waals surface area contributed by atoms with Crippen LogP contribution in [0.15, 0.2) is 24.3 Å². The number of urea groups is 1. The fraction of sp³-hybridized carbons (Fsp3) is 0.579. The molecule has 1 saturated carbocycles. The molecule has 3 aliphatic rings. The van der Waals surface area contributed by atoms with Crippen LogP contribution in [0.1, 0.15) is 33.1 Å². The van der Waals surface area contributed by atoms with E-state index in [1.54, 1.807) is 4.90 Å². The van der Waals surface area contributed by atoms with Crippen molar-refractivity contribution in [1.82, 2.24) is 5.32 Å². The Labute approximate surface area is 147 Å². The Kier molecular flexibility index (Phi) is 3.95. The topological polar surface area (TPSA) is 70.7 Å². The van der Waals surface area contributed by atoms with Crippen LogP contribution in [-0.4, -0.2) is 37.2 Å². The maximum atomic E-state index is 13.1. The summed E-state index contributed by atoms with van der Waals surface area (Å²) in [6, 6.07) is 7.01. The Bertz CT molecular complexity index is 693. The van der Waals surface area contributed by atoms with E-state index in [1.807, 2.05) is 38.1 Å². The first-order valence-corrected chi connectivity index (χ1v) is 9.10. The Morgan fingerprint density at radius 1 is 1.40 bits per heavy atom. The first-order valence-electron chi connectivity index (χ1n) is 9.10. The van der Waals surface area contributed by atoms with Crippen LogP contribution in [-0.2, 0) is 9.53 Å². The molecule has 2 aliphatic heterocycles. The summed E-state index contributed by atoms with van der Waals surface area (Å²) in [4.78, 5) is 27.4. The second kappa shape index (κ2) is 6.02. The van der Waals surface area contributed by atoms with Gasteiger partial charge < -0.3 is 15.4 Å². The van der Waals surface area contributed by atoms with Gasteiger partial charge >= 0.3 is 6.03 Å². The summed E-state index contributed by atoms with van der Waals surface area (Å²) in [6.07, 6.45) is 2.76. The van der Waals surface area contributed by atoms with Crippen molar-refractivity contribution in [3.05, 3.63) is 24.3 Å². The van der Waals surface area contributed by atoms with Crippen molar-refractivity contribution in [2.45, 2.75) is 45.2 Å². The molecule has 2 N–H and O–H groups in total. The Hall–Kier alpha value is -2.08. The molecule has 4 rings (SSSR count). The summed E-state index contributed by atoms with van der Waals surface area (Å²) in [5, 5.41) is 6.08. The van der Waals surface area contributed by atoms with Gasteiger partial charge in [-0.2, -0.15) is 0 Å². The lowest BCUT2D eigenvalue weighted by Crippen LogP contribution is -2.63. The summed E-state index contributed by atoms with van der Waals surface area (Å²) in [5.74, 6) is -0.0347. The van der Waals surface area contributed by atoms with E-state index in [9.17, 15) is 9.59 Å². The minimum atomic E-state index is -0.485. The van der Waals surface area contributed by atoms with Crippen molar-refractivity contribution in [2.75, 3.05) is 23.4 Å². The van der Waals surface area contributed by atoms with E-state index in [2.05, 4.69) is 10.6 Å². The van der Waals surface area contributed by atoms with Gasteiger partial charge in [-0.1, -0.05) is 32.4 Å². The van der Waals surface area contributed by atoms with Gasteiger partial charge in [-0.25, -0.2) is 4.79 Å². The van der Waals surface area contributed by atoms with Crippen molar-refractivity contribution >= 4 is 23.3 Å². The molecular weight excluding hydrogens is 318 g/mol. The second-order valence-corrected chi connectivity index (χ2v) is 7.75. The minimum Gasteiger partial charge on any atom is -0.380 e. The lowest BCUT2D eigenvalue weighted by molar-refractivity contribution is -0.165. The molecule has 2 fully saturated rings. The molecule has 0 unspecified atom stereocenters. The quantitative estimate of drug-likeness (QED) is 0.886. The fourth-order valence-electron chi connectivity index (χ4n) is 4.19. The van der Waals surface area contributed by atoms with Crippen molar-refractivity contribution in [3.8, 4) is 0 Å². The zero-order valence-corrected chi connectivity index (χ0v) is 14.7. The van der Waals surface area contributed by atoms with E-state index in [1.165, 1.54) is 0 Å². The van der Waals surface area contributed by atoms with Crippen LogP contribution < -0.4 is 15.5 Å². The van der Waals surface area contributed by atoms with Crippen LogP contribution in [0.4, 0.5) is 16.2 Å². The highest BCUT2D eigenvalue weighted by Crippen LogP contribution is 2.47. The molecule has 2 heterocycles. The predicted octanol–water partition coefficient (Wildman–Crippen LogP) is 2.75. The van der Waals surface area contributed by atoms with Gasteiger partial charge in [0.15, 0.2) is 0 Å². The molecule has 0 bridgehead atoms. The minimum absolute atomic E-state index is 0.0758. The maximum absolute atomic E-state index is 13.1. The van der Waals surface area contributed by atoms with Crippen molar-refractivity contribution < 1.29 is 14.3 Å². The van der Waals surface area contributed by atoms with E-state index in [0.29, 0.717) is 11.1 Å². The highest BCUT2D eigenvalue weighted by molar-refractivity contribution is 6.11. The van der Waals surface area contributed by atoms with E-state index in [4.69, 9.17) is 4.74 Å². The van der Waals surface area contributed by atoms with Gasteiger partial charge in [-0.15, -0.1) is 0 Å². The van der Waals surface area contributed by atoms with E-state index in [-0.39, 0.29) is 23.9 Å². The van der Waals surface area contributed by atoms with Gasteiger partial charge in [-0.3, -0.25) is 9.69 Å². The average Bonchev–Trinajstić information content (AvgIpc) is 2.53. The van der Waals surface area contributed by atoms with Crippen molar-refractivity contribution in [3.63, 3.8) is 0 Å². The van der Waals surface area contributed by atoms with Crippen LogP contribution >= 0.6 is 0 Å². The number of hydrogen-bond donors (Lipinski definition) is 2. The number of ether oxygens (including phenoxy) is 1. The van der Waals surface area contributed by atoms with Crippen LogP contribution in [0, 0.1) is 11.3 Å². The largest absolute Gasteiger partial charge is 0.380 e. The van der Waals surface area contributed by atoms with Gasteiger partial charge in [0.05, 0.1) is 24.6 Å². The molecule has 134 valence electrons. The van der Waals surface area contributed by atoms with E-state index >= 15 is 0 Å². The maximum Gasteiger partial charge on any atom is 0.322 e. The summed E-state index contributed by atoms with van der Waals surface area (Å²) in [6.45, 7) is 5.68. The molecule has 3 amide bonds. The first-order chi connectivity index (χ1) is 12.0. The number of fused-ring (bicyclic) bond motifs is 1. The van der Waals surface area contributed by atoms with E-state index < -0.39 is 6.04 Å². The number of amides is 3. The van der Waals surface area contributed by atoms with Gasteiger partial charge in [0.1, 0.15) is 6.04 Å². The molecule has 1 aliphatic carbocycles. The lowest BCUT2D eigenvalue weighted by Gasteiger charge is -2.53. The van der Waals surface area contributed by atoms with Crippen LogP contribution in [0.5, 0.6) is 0 Å². The predicted molar refractivity (Wildman–Crippen MR) is 95.6 cm³/mol. The SMILES string of the molecule is CC[C@H](C)[C@H]1C(=O)Nc2ccccc2N1C(=O)NC1CC2(COC2)C1. The molecule has 1 spiro atoms. The van der Waals surface area contributed by atoms with Crippen LogP contribution in [0.2, 0.25) is 0 Å². The molecule has 6 heteroatoms. The van der Waals surface area contributed by atoms with Gasteiger partial charge in [-0.05, 0) is 30.9 Å². The number of benzene rings is 1. The Balaban J connectivity index is 1.56. The van der Waals surface area contributed by atoms with Gasteiger partial charge in [0, 0.05) is 11.5 Å². The zero-order chi connectivity index (χ0) is 17.6. The monoisotopic (exact) mass is 343 g/mol. The summed E-state index contributed by atoms with van der Waals surface area (Å²) >= 11 is 0. The molecule has 1 saturated heterocycles. The normalized spacial score (nSPS) is 25.4. The number of nitrogens with zero attached hydrogens (tertiary/aromatic N) is 1. The lowest BCUT2D eigenvalue weighted by atomic mass is 9.64. The average molecular weight is 343 g/mol. The molecular formula is C19H25N3O3. The standard InChI is InChI=1S/C19H25N3O3/c1-3-12(2)16-17(23)21-14-6-4-5-7-15(14)22(16)18(24)20-13-8-19(9-13)10-25-11-19/h4-7,12-13,16H,3,8-11H2,1-2H3,(H,20,24)(H,21,23)/t12-,16-/m0/s1. The number of carbonyl (C=O) groups excluding carboxylic acids is 2. The summed E-state index contributed by atoms with van der Waals surface area (Å²) < 4.78 is 5.30. The number of hydrogen-bond acceptors (Lipinski definition) is 3. The molecule has 1 aromatic rings. The van der Waals surface area contributed by atoms with Crippen LogP contribution in [0.3, 0.4) is 0 Å². The fourth-order valence-corrected chi connectivity index (χ4v) is 4.19. The third kappa shape index (κ3) is 2.68. The smallest absolute Gasteiger partial charge is 0.322 e. The van der Waals surface area contributed by atoms with E-state index in [0.717, 1.165) is 38.2 Å². The number of nitrogens with one attached hydrogen (secondary N) is 2. The van der Waals surface area contributed by atoms with Crippen LogP contribution in [0.25, 0.3) is 0 Å². The van der Waals surface area contributed by atoms with Crippen molar-refractivity contribution in [1.29, 1.82) is 0 Å². The third-order valence-corrected chi connectivity index (χ3v) is 5.87. The highest BCUT2D eigenvalue weighted by Gasteiger charge is 2.51. The van der Waals surface area contributed by atoms with Gasteiger partial charge in [0.25, 0.3) is 0 Å². The summed E-state index contributed by atoms with van der Waals surface area (Å²) in [5.41, 5.74) is 1.76.